The number of benzene rings is 2. The third kappa shape index (κ3) is 4.81. The van der Waals surface area contributed by atoms with Gasteiger partial charge in [-0.1, -0.05) is 29.8 Å². The Bertz CT molecular complexity index is 854. The second-order valence-electron chi connectivity index (χ2n) is 6.55. The molecule has 1 N–H and O–H groups in total. The number of amides is 1. The minimum Gasteiger partial charge on any atom is -0.324 e. The Kier molecular flexibility index (Phi) is 6.03. The lowest BCUT2D eigenvalue weighted by Crippen LogP contribution is -2.38. The topological polar surface area (TPSA) is 75.5 Å². The van der Waals surface area contributed by atoms with Gasteiger partial charge < -0.3 is 5.32 Å². The molecule has 0 aliphatic carbocycles. The predicted octanol–water partition coefficient (Wildman–Crippen LogP) is 4.24. The standard InChI is InChI=1S/C19H19ClFN3O3/c20-16-6-5-15(24(26)27)11-18(16)22-19(25)13-7-9-23(10-8-13)12-14-3-1-2-4-17(14)21/h1-6,11,13H,7-10,12H2,(H,22,25). The SMILES string of the molecule is O=C(Nc1cc([N+](=O)[O-])ccc1Cl)C1CCN(Cc2ccccc2F)CC1. The van der Waals surface area contributed by atoms with Crippen LogP contribution in [0.2, 0.25) is 5.02 Å². The first-order chi connectivity index (χ1) is 12.9. The fraction of sp³-hybridized carbons (Fsp3) is 0.316. The fourth-order valence-corrected chi connectivity index (χ4v) is 3.34. The lowest BCUT2D eigenvalue weighted by atomic mass is 9.95. The maximum absolute atomic E-state index is 13.8. The van der Waals surface area contributed by atoms with Crippen molar-refractivity contribution in [1.29, 1.82) is 0 Å². The summed E-state index contributed by atoms with van der Waals surface area (Å²) in [4.78, 5) is 25.0. The van der Waals surface area contributed by atoms with Crippen molar-refractivity contribution in [3.05, 3.63) is 69.0 Å². The zero-order valence-electron chi connectivity index (χ0n) is 14.5. The Balaban J connectivity index is 1.57. The van der Waals surface area contributed by atoms with Crippen molar-refractivity contribution < 1.29 is 14.1 Å². The summed E-state index contributed by atoms with van der Waals surface area (Å²) in [5.74, 6) is -0.641. The monoisotopic (exact) mass is 391 g/mol. The third-order valence-electron chi connectivity index (χ3n) is 4.73. The second-order valence-corrected chi connectivity index (χ2v) is 6.96. The van der Waals surface area contributed by atoms with Crippen LogP contribution in [0.25, 0.3) is 0 Å². The molecular formula is C19H19ClFN3O3. The van der Waals surface area contributed by atoms with E-state index in [9.17, 15) is 19.3 Å². The number of nitro groups is 1. The third-order valence-corrected chi connectivity index (χ3v) is 5.06. The highest BCUT2D eigenvalue weighted by atomic mass is 35.5. The summed E-state index contributed by atoms with van der Waals surface area (Å²) in [5, 5.41) is 13.8. The molecule has 27 heavy (non-hydrogen) atoms. The van der Waals surface area contributed by atoms with E-state index in [4.69, 9.17) is 11.6 Å². The highest BCUT2D eigenvalue weighted by molar-refractivity contribution is 6.33. The number of carbonyl (C=O) groups is 1. The number of likely N-dealkylation sites (tertiary alicyclic amines) is 1. The van der Waals surface area contributed by atoms with Gasteiger partial charge in [-0.05, 0) is 38.1 Å². The van der Waals surface area contributed by atoms with Crippen molar-refractivity contribution in [1.82, 2.24) is 4.90 Å². The Morgan fingerprint density at radius 1 is 1.26 bits per heavy atom. The molecule has 8 heteroatoms. The molecule has 3 rings (SSSR count). The summed E-state index contributed by atoms with van der Waals surface area (Å²) < 4.78 is 13.8. The van der Waals surface area contributed by atoms with Crippen LogP contribution in [0.5, 0.6) is 0 Å². The highest BCUT2D eigenvalue weighted by Gasteiger charge is 2.26. The summed E-state index contributed by atoms with van der Waals surface area (Å²) in [6.07, 6.45) is 1.26. The molecule has 0 aromatic heterocycles. The van der Waals surface area contributed by atoms with Crippen LogP contribution < -0.4 is 5.32 Å². The van der Waals surface area contributed by atoms with Crippen LogP contribution in [-0.2, 0) is 11.3 Å². The van der Waals surface area contributed by atoms with Crippen molar-refractivity contribution in [2.24, 2.45) is 5.92 Å². The van der Waals surface area contributed by atoms with Crippen LogP contribution in [0.1, 0.15) is 18.4 Å². The van der Waals surface area contributed by atoms with E-state index in [0.29, 0.717) is 38.0 Å². The van der Waals surface area contributed by atoms with Gasteiger partial charge in [0.25, 0.3) is 5.69 Å². The van der Waals surface area contributed by atoms with E-state index in [2.05, 4.69) is 10.2 Å². The maximum atomic E-state index is 13.8. The zero-order valence-corrected chi connectivity index (χ0v) is 15.3. The average molecular weight is 392 g/mol. The Hall–Kier alpha value is -2.51. The number of hydrogen-bond donors (Lipinski definition) is 1. The van der Waals surface area contributed by atoms with E-state index >= 15 is 0 Å². The molecule has 1 fully saturated rings. The number of nitrogens with zero attached hydrogens (tertiary/aromatic N) is 2. The quantitative estimate of drug-likeness (QED) is 0.611. The number of anilines is 1. The van der Waals surface area contributed by atoms with Gasteiger partial charge in [0.2, 0.25) is 5.91 Å². The minimum atomic E-state index is -0.535. The molecule has 2 aromatic rings. The summed E-state index contributed by atoms with van der Waals surface area (Å²) in [6, 6.07) is 10.6. The van der Waals surface area contributed by atoms with Gasteiger partial charge in [-0.15, -0.1) is 0 Å². The van der Waals surface area contributed by atoms with Crippen LogP contribution in [0.4, 0.5) is 15.8 Å². The van der Waals surface area contributed by atoms with E-state index in [-0.39, 0.29) is 34.0 Å². The van der Waals surface area contributed by atoms with Gasteiger partial charge >= 0.3 is 0 Å². The number of hydrogen-bond acceptors (Lipinski definition) is 4. The maximum Gasteiger partial charge on any atom is 0.271 e. The molecule has 0 saturated carbocycles. The highest BCUT2D eigenvalue weighted by Crippen LogP contribution is 2.28. The van der Waals surface area contributed by atoms with Crippen LogP contribution in [0, 0.1) is 21.8 Å². The summed E-state index contributed by atoms with van der Waals surface area (Å²) in [6.45, 7) is 1.86. The predicted molar refractivity (Wildman–Crippen MR) is 101 cm³/mol. The molecule has 2 aromatic carbocycles. The second kappa shape index (κ2) is 8.45. The van der Waals surface area contributed by atoms with Gasteiger partial charge in [0.05, 0.1) is 15.6 Å². The molecular weight excluding hydrogens is 373 g/mol. The van der Waals surface area contributed by atoms with Gasteiger partial charge in [-0.2, -0.15) is 0 Å². The smallest absolute Gasteiger partial charge is 0.271 e. The number of nitro benzene ring substituents is 1. The molecule has 142 valence electrons. The fourth-order valence-electron chi connectivity index (χ4n) is 3.18. The molecule has 0 bridgehead atoms. The molecule has 1 aliphatic heterocycles. The number of carbonyl (C=O) groups excluding carboxylic acids is 1. The normalized spacial score (nSPS) is 15.5. The van der Waals surface area contributed by atoms with Crippen LogP contribution >= 0.6 is 11.6 Å². The molecule has 0 unspecified atom stereocenters. The number of non-ortho nitro benzene ring substituents is 1. The summed E-state index contributed by atoms with van der Waals surface area (Å²) in [5.41, 5.74) is 0.753. The van der Waals surface area contributed by atoms with E-state index in [0.717, 1.165) is 0 Å². The van der Waals surface area contributed by atoms with Crippen molar-refractivity contribution in [2.45, 2.75) is 19.4 Å². The number of nitrogens with one attached hydrogen (secondary N) is 1. The van der Waals surface area contributed by atoms with Crippen molar-refractivity contribution in [3.63, 3.8) is 0 Å². The molecule has 1 heterocycles. The Morgan fingerprint density at radius 2 is 1.96 bits per heavy atom. The summed E-state index contributed by atoms with van der Waals surface area (Å²) in [7, 11) is 0. The Labute approximate surface area is 161 Å². The van der Waals surface area contributed by atoms with Gasteiger partial charge in [0, 0.05) is 30.2 Å². The van der Waals surface area contributed by atoms with Crippen molar-refractivity contribution in [2.75, 3.05) is 18.4 Å². The van der Waals surface area contributed by atoms with Gasteiger partial charge in [-0.3, -0.25) is 19.8 Å². The largest absolute Gasteiger partial charge is 0.324 e. The lowest BCUT2D eigenvalue weighted by molar-refractivity contribution is -0.384. The van der Waals surface area contributed by atoms with E-state index < -0.39 is 4.92 Å². The molecule has 0 radical (unpaired) electrons. The van der Waals surface area contributed by atoms with E-state index in [1.54, 1.807) is 18.2 Å². The van der Waals surface area contributed by atoms with E-state index in [1.165, 1.54) is 24.3 Å². The van der Waals surface area contributed by atoms with Crippen molar-refractivity contribution in [3.8, 4) is 0 Å². The summed E-state index contributed by atoms with van der Waals surface area (Å²) >= 11 is 6.03. The molecule has 1 amide bonds. The molecule has 1 saturated heterocycles. The van der Waals surface area contributed by atoms with Crippen molar-refractivity contribution >= 4 is 28.9 Å². The zero-order chi connectivity index (χ0) is 19.4. The number of piperidine rings is 1. The number of rotatable bonds is 5. The van der Waals surface area contributed by atoms with Gasteiger partial charge in [0.1, 0.15) is 5.82 Å². The first-order valence-electron chi connectivity index (χ1n) is 8.64. The van der Waals surface area contributed by atoms with Crippen LogP contribution in [-0.4, -0.2) is 28.8 Å². The molecule has 0 spiro atoms. The molecule has 0 atom stereocenters. The lowest BCUT2D eigenvalue weighted by Gasteiger charge is -2.31. The van der Waals surface area contributed by atoms with E-state index in [1.807, 2.05) is 0 Å². The number of halogens is 2. The average Bonchev–Trinajstić information content (AvgIpc) is 2.65. The molecule has 6 nitrogen and oxygen atoms in total. The van der Waals surface area contributed by atoms with Gasteiger partial charge in [-0.25, -0.2) is 4.39 Å². The first-order valence-corrected chi connectivity index (χ1v) is 9.02. The van der Waals surface area contributed by atoms with Gasteiger partial charge in [0.15, 0.2) is 0 Å². The first kappa shape index (κ1) is 19.3. The Morgan fingerprint density at radius 3 is 2.63 bits per heavy atom. The molecule has 1 aliphatic rings. The van der Waals surface area contributed by atoms with Crippen LogP contribution in [0.15, 0.2) is 42.5 Å². The van der Waals surface area contributed by atoms with Crippen LogP contribution in [0.3, 0.4) is 0 Å². The minimum absolute atomic E-state index is 0.130.